The van der Waals surface area contributed by atoms with Gasteiger partial charge in [-0.15, -0.1) is 0 Å². The lowest BCUT2D eigenvalue weighted by Gasteiger charge is -2.21. The van der Waals surface area contributed by atoms with E-state index in [4.69, 9.17) is 0 Å². The van der Waals surface area contributed by atoms with E-state index in [1.807, 2.05) is 44.2 Å². The van der Waals surface area contributed by atoms with Crippen LogP contribution in [0.15, 0.2) is 48.5 Å². The van der Waals surface area contributed by atoms with Crippen molar-refractivity contribution in [3.8, 4) is 0 Å². The van der Waals surface area contributed by atoms with Gasteiger partial charge in [-0.2, -0.15) is 0 Å². The largest absolute Gasteiger partial charge is 0.375 e. The predicted molar refractivity (Wildman–Crippen MR) is 112 cm³/mol. The van der Waals surface area contributed by atoms with E-state index in [1.54, 1.807) is 6.92 Å². The van der Waals surface area contributed by atoms with Crippen molar-refractivity contribution in [1.82, 2.24) is 10.2 Å². The van der Waals surface area contributed by atoms with E-state index in [0.717, 1.165) is 5.56 Å². The third-order valence-corrected chi connectivity index (χ3v) is 4.22. The number of nitro groups is 1. The van der Waals surface area contributed by atoms with Gasteiger partial charge in [-0.3, -0.25) is 19.7 Å². The topological polar surface area (TPSA) is 105 Å². The normalized spacial score (nSPS) is 10.5. The van der Waals surface area contributed by atoms with E-state index < -0.39 is 10.8 Å². The lowest BCUT2D eigenvalue weighted by molar-refractivity contribution is -0.384. The molecule has 2 aromatic carbocycles. The van der Waals surface area contributed by atoms with Gasteiger partial charge in [-0.25, -0.2) is 0 Å². The van der Waals surface area contributed by atoms with Gasteiger partial charge in [-0.1, -0.05) is 30.3 Å². The van der Waals surface area contributed by atoms with Crippen molar-refractivity contribution >= 4 is 23.2 Å². The van der Waals surface area contributed by atoms with Crippen LogP contribution >= 0.6 is 0 Å². The summed E-state index contributed by atoms with van der Waals surface area (Å²) in [7, 11) is 0. The summed E-state index contributed by atoms with van der Waals surface area (Å²) in [5.74, 6) is -0.699. The molecule has 2 N–H and O–H groups in total. The number of hydrogen-bond acceptors (Lipinski definition) is 5. The number of carbonyl (C=O) groups excluding carboxylic acids is 2. The highest BCUT2D eigenvalue weighted by atomic mass is 16.6. The average Bonchev–Trinajstić information content (AvgIpc) is 2.70. The lowest BCUT2D eigenvalue weighted by atomic mass is 10.1. The number of nitro benzene ring substituents is 1. The van der Waals surface area contributed by atoms with E-state index in [1.165, 1.54) is 23.1 Å². The molecule has 0 heterocycles. The van der Waals surface area contributed by atoms with Crippen molar-refractivity contribution in [2.24, 2.45) is 0 Å². The van der Waals surface area contributed by atoms with Gasteiger partial charge >= 0.3 is 0 Å². The Kier molecular flexibility index (Phi) is 7.70. The second-order valence-corrected chi connectivity index (χ2v) is 6.87. The number of nitrogens with one attached hydrogen (secondary N) is 2. The van der Waals surface area contributed by atoms with Crippen LogP contribution < -0.4 is 10.6 Å². The molecule has 8 nitrogen and oxygen atoms in total. The first-order valence-corrected chi connectivity index (χ1v) is 9.46. The molecule has 8 heteroatoms. The molecule has 2 rings (SSSR count). The molecular weight excluding hydrogens is 372 g/mol. The van der Waals surface area contributed by atoms with Crippen LogP contribution in [0.4, 0.5) is 11.4 Å². The second-order valence-electron chi connectivity index (χ2n) is 6.87. The summed E-state index contributed by atoms with van der Waals surface area (Å²) < 4.78 is 0. The minimum absolute atomic E-state index is 0.0348. The Labute approximate surface area is 170 Å². The Bertz CT molecular complexity index is 868. The standard InChI is InChI=1S/C21H26N4O4/c1-4-24(14-20(26)23-15(2)3)21(27)17-10-11-18(19(12-17)25(28)29)22-13-16-8-6-5-7-9-16/h5-12,15,22H,4,13-14H2,1-3H3,(H,23,26). The third-order valence-electron chi connectivity index (χ3n) is 4.22. The zero-order chi connectivity index (χ0) is 21.4. The molecule has 0 aliphatic rings. The zero-order valence-electron chi connectivity index (χ0n) is 16.8. The minimum Gasteiger partial charge on any atom is -0.375 e. The van der Waals surface area contributed by atoms with Gasteiger partial charge in [-0.05, 0) is 38.5 Å². The number of benzene rings is 2. The quantitative estimate of drug-likeness (QED) is 0.499. The van der Waals surface area contributed by atoms with Crippen molar-refractivity contribution in [1.29, 1.82) is 0 Å². The predicted octanol–water partition coefficient (Wildman–Crippen LogP) is 3.19. The maximum atomic E-state index is 12.8. The number of hydrogen-bond donors (Lipinski definition) is 2. The highest BCUT2D eigenvalue weighted by molar-refractivity contribution is 5.97. The molecule has 0 radical (unpaired) electrons. The molecule has 2 amide bonds. The first kappa shape index (κ1) is 21.9. The molecule has 0 aromatic heterocycles. The highest BCUT2D eigenvalue weighted by Gasteiger charge is 2.22. The number of likely N-dealkylation sites (N-methyl/N-ethyl adjacent to an activating group) is 1. The Morgan fingerprint density at radius 2 is 1.83 bits per heavy atom. The van der Waals surface area contributed by atoms with E-state index in [9.17, 15) is 19.7 Å². The van der Waals surface area contributed by atoms with Crippen molar-refractivity contribution in [2.45, 2.75) is 33.4 Å². The van der Waals surface area contributed by atoms with Crippen molar-refractivity contribution in [3.63, 3.8) is 0 Å². The number of amides is 2. The molecule has 0 fully saturated rings. The highest BCUT2D eigenvalue weighted by Crippen LogP contribution is 2.26. The Hall–Kier alpha value is -3.42. The lowest BCUT2D eigenvalue weighted by Crippen LogP contribution is -2.42. The summed E-state index contributed by atoms with van der Waals surface area (Å²) >= 11 is 0. The molecule has 154 valence electrons. The van der Waals surface area contributed by atoms with Gasteiger partial charge in [0.05, 0.1) is 11.5 Å². The SMILES string of the molecule is CCN(CC(=O)NC(C)C)C(=O)c1ccc(NCc2ccccc2)c([N+](=O)[O-])c1. The summed E-state index contributed by atoms with van der Waals surface area (Å²) in [6.45, 7) is 6.05. The molecule has 2 aromatic rings. The van der Waals surface area contributed by atoms with Crippen LogP contribution in [0.25, 0.3) is 0 Å². The van der Waals surface area contributed by atoms with E-state index >= 15 is 0 Å². The van der Waals surface area contributed by atoms with Gasteiger partial charge in [0.25, 0.3) is 11.6 Å². The Balaban J connectivity index is 2.18. The Morgan fingerprint density at radius 3 is 2.41 bits per heavy atom. The van der Waals surface area contributed by atoms with Gasteiger partial charge in [0.2, 0.25) is 5.91 Å². The molecule has 0 aliphatic carbocycles. The third kappa shape index (κ3) is 6.31. The van der Waals surface area contributed by atoms with E-state index in [2.05, 4.69) is 10.6 Å². The van der Waals surface area contributed by atoms with Gasteiger partial charge in [0.1, 0.15) is 5.69 Å². The summed E-state index contributed by atoms with van der Waals surface area (Å²) in [4.78, 5) is 37.1. The van der Waals surface area contributed by atoms with Crippen LogP contribution in [0.5, 0.6) is 0 Å². The number of nitrogens with zero attached hydrogens (tertiary/aromatic N) is 2. The molecule has 0 bridgehead atoms. The van der Waals surface area contributed by atoms with E-state index in [0.29, 0.717) is 18.8 Å². The number of rotatable bonds is 9. The number of anilines is 1. The maximum absolute atomic E-state index is 12.8. The Morgan fingerprint density at radius 1 is 1.14 bits per heavy atom. The van der Waals surface area contributed by atoms with Crippen LogP contribution in [-0.4, -0.2) is 40.8 Å². The number of carbonyl (C=O) groups is 2. The van der Waals surface area contributed by atoms with Crippen molar-refractivity contribution in [3.05, 3.63) is 69.8 Å². The van der Waals surface area contributed by atoms with E-state index in [-0.39, 0.29) is 29.7 Å². The second kappa shape index (κ2) is 10.2. The maximum Gasteiger partial charge on any atom is 0.293 e. The van der Waals surface area contributed by atoms with Crippen molar-refractivity contribution in [2.75, 3.05) is 18.4 Å². The molecule has 0 unspecified atom stereocenters. The van der Waals surface area contributed by atoms with Gasteiger partial charge in [0, 0.05) is 30.8 Å². The molecule has 0 aliphatic heterocycles. The minimum atomic E-state index is -0.522. The van der Waals surface area contributed by atoms with Crippen LogP contribution in [0, 0.1) is 10.1 Å². The fourth-order valence-electron chi connectivity index (χ4n) is 2.81. The molecule has 0 saturated heterocycles. The smallest absolute Gasteiger partial charge is 0.293 e. The fourth-order valence-corrected chi connectivity index (χ4v) is 2.81. The first-order chi connectivity index (χ1) is 13.8. The van der Waals surface area contributed by atoms with Crippen LogP contribution in [0.3, 0.4) is 0 Å². The van der Waals surface area contributed by atoms with Crippen LogP contribution in [0.2, 0.25) is 0 Å². The molecule has 0 spiro atoms. The molecule has 0 atom stereocenters. The molecular formula is C21H26N4O4. The van der Waals surface area contributed by atoms with Gasteiger partial charge in [0.15, 0.2) is 0 Å². The zero-order valence-corrected chi connectivity index (χ0v) is 16.8. The van der Waals surface area contributed by atoms with Crippen LogP contribution in [0.1, 0.15) is 36.7 Å². The fraction of sp³-hybridized carbons (Fsp3) is 0.333. The average molecular weight is 398 g/mol. The summed E-state index contributed by atoms with van der Waals surface area (Å²) in [6.07, 6.45) is 0. The molecule has 29 heavy (non-hydrogen) atoms. The molecule has 0 saturated carbocycles. The van der Waals surface area contributed by atoms with Crippen LogP contribution in [-0.2, 0) is 11.3 Å². The summed E-state index contributed by atoms with van der Waals surface area (Å²) in [5.41, 5.74) is 1.29. The van der Waals surface area contributed by atoms with Crippen molar-refractivity contribution < 1.29 is 14.5 Å². The van der Waals surface area contributed by atoms with Gasteiger partial charge < -0.3 is 15.5 Å². The monoisotopic (exact) mass is 398 g/mol. The summed E-state index contributed by atoms with van der Waals surface area (Å²) in [5, 5.41) is 17.3. The first-order valence-electron chi connectivity index (χ1n) is 9.46. The summed E-state index contributed by atoms with van der Waals surface area (Å²) in [6, 6.07) is 13.8.